The van der Waals surface area contributed by atoms with Crippen LogP contribution >= 0.6 is 11.8 Å². The lowest BCUT2D eigenvalue weighted by Gasteiger charge is -2.24. The minimum atomic E-state index is -0.950. The van der Waals surface area contributed by atoms with E-state index in [1.165, 1.54) is 11.8 Å². The van der Waals surface area contributed by atoms with Gasteiger partial charge in [-0.1, -0.05) is 30.4 Å². The molecule has 1 aliphatic rings. The zero-order chi connectivity index (χ0) is 22.4. The molecule has 3 rings (SSSR count). The van der Waals surface area contributed by atoms with Gasteiger partial charge in [0.25, 0.3) is 0 Å². The van der Waals surface area contributed by atoms with E-state index in [9.17, 15) is 19.5 Å². The molecule has 0 aromatic heterocycles. The fourth-order valence-electron chi connectivity index (χ4n) is 3.43. The lowest BCUT2D eigenvalue weighted by molar-refractivity contribution is -0.146. The number of hydrogen-bond acceptors (Lipinski definition) is 4. The van der Waals surface area contributed by atoms with Crippen LogP contribution in [0.25, 0.3) is 0 Å². The van der Waals surface area contributed by atoms with E-state index in [-0.39, 0.29) is 17.1 Å². The topological polar surface area (TPSA) is 95.5 Å². The van der Waals surface area contributed by atoms with Crippen molar-refractivity contribution in [2.24, 2.45) is 11.8 Å². The normalized spacial score (nSPS) is 18.8. The number of nitrogens with one attached hydrogen (secondary N) is 2. The molecule has 0 heterocycles. The van der Waals surface area contributed by atoms with Crippen LogP contribution in [0.4, 0.5) is 11.4 Å². The molecule has 0 spiro atoms. The molecule has 3 atom stereocenters. The monoisotopic (exact) mass is 438 g/mol. The van der Waals surface area contributed by atoms with Crippen molar-refractivity contribution < 1.29 is 19.5 Å². The number of allylic oxidation sites excluding steroid dienone is 2. The number of para-hydroxylation sites is 1. The summed E-state index contributed by atoms with van der Waals surface area (Å²) in [7, 11) is 0. The second-order valence-corrected chi connectivity index (χ2v) is 8.99. The summed E-state index contributed by atoms with van der Waals surface area (Å²) in [4.78, 5) is 37.4. The first kappa shape index (κ1) is 22.6. The maximum atomic E-state index is 12.6. The Morgan fingerprint density at radius 3 is 2.26 bits per heavy atom. The van der Waals surface area contributed by atoms with E-state index in [1.54, 1.807) is 12.1 Å². The molecule has 0 fully saturated rings. The molecule has 0 radical (unpaired) electrons. The van der Waals surface area contributed by atoms with Crippen LogP contribution in [-0.4, -0.2) is 28.1 Å². The van der Waals surface area contributed by atoms with E-state index in [0.717, 1.165) is 16.1 Å². The molecule has 0 saturated heterocycles. The molecule has 1 aliphatic carbocycles. The average molecular weight is 439 g/mol. The van der Waals surface area contributed by atoms with Crippen LogP contribution in [0.5, 0.6) is 0 Å². The predicted octanol–water partition coefficient (Wildman–Crippen LogP) is 4.72. The Hall–Kier alpha value is -3.06. The van der Waals surface area contributed by atoms with Crippen molar-refractivity contribution in [3.63, 3.8) is 0 Å². The summed E-state index contributed by atoms with van der Waals surface area (Å²) in [6.45, 7) is 3.79. The zero-order valence-electron chi connectivity index (χ0n) is 17.5. The van der Waals surface area contributed by atoms with Gasteiger partial charge in [0.05, 0.1) is 17.1 Å². The van der Waals surface area contributed by atoms with E-state index in [1.807, 2.05) is 62.4 Å². The van der Waals surface area contributed by atoms with Crippen molar-refractivity contribution >= 4 is 40.9 Å². The van der Waals surface area contributed by atoms with Crippen LogP contribution in [0, 0.1) is 18.8 Å². The molecular formula is C24H26N2O4S. The van der Waals surface area contributed by atoms with Crippen LogP contribution in [0.3, 0.4) is 0 Å². The Balaban J connectivity index is 1.56. The van der Waals surface area contributed by atoms with Gasteiger partial charge in [0.1, 0.15) is 0 Å². The molecule has 3 N–H and O–H groups in total. The van der Waals surface area contributed by atoms with E-state index in [4.69, 9.17) is 0 Å². The highest BCUT2D eigenvalue weighted by molar-refractivity contribution is 8.00. The third kappa shape index (κ3) is 5.98. The summed E-state index contributed by atoms with van der Waals surface area (Å²) in [5, 5.41) is 14.8. The highest BCUT2D eigenvalue weighted by atomic mass is 32.2. The van der Waals surface area contributed by atoms with Gasteiger partial charge >= 0.3 is 5.97 Å². The molecular weight excluding hydrogens is 412 g/mol. The number of rotatable bonds is 7. The molecule has 0 saturated carbocycles. The highest BCUT2D eigenvalue weighted by Gasteiger charge is 2.33. The van der Waals surface area contributed by atoms with Crippen molar-refractivity contribution in [3.8, 4) is 0 Å². The minimum Gasteiger partial charge on any atom is -0.481 e. The Morgan fingerprint density at radius 1 is 0.968 bits per heavy atom. The van der Waals surface area contributed by atoms with Crippen molar-refractivity contribution in [1.29, 1.82) is 0 Å². The van der Waals surface area contributed by atoms with Crippen LogP contribution < -0.4 is 10.6 Å². The standard InChI is InChI=1S/C24H26N2O4S/c1-15-7-3-6-10-21(15)26-22(27)16(2)31-18-13-11-17(12-14-18)25-23(28)19-8-4-5-9-20(19)24(29)30/h3-7,10-14,16,19-20H,8-9H2,1-2H3,(H,25,28)(H,26,27)(H,29,30). The van der Waals surface area contributed by atoms with Gasteiger partial charge in [-0.15, -0.1) is 11.8 Å². The highest BCUT2D eigenvalue weighted by Crippen LogP contribution is 2.29. The Bertz CT molecular complexity index is 987. The quantitative estimate of drug-likeness (QED) is 0.429. The number of hydrogen-bond donors (Lipinski definition) is 3. The van der Waals surface area contributed by atoms with Crippen LogP contribution in [-0.2, 0) is 14.4 Å². The lowest BCUT2D eigenvalue weighted by atomic mass is 9.82. The van der Waals surface area contributed by atoms with E-state index in [2.05, 4.69) is 10.6 Å². The number of aliphatic carboxylic acids is 1. The summed E-state index contributed by atoms with van der Waals surface area (Å²) >= 11 is 1.43. The van der Waals surface area contributed by atoms with Crippen molar-refractivity contribution in [2.75, 3.05) is 10.6 Å². The second kappa shape index (κ2) is 10.3. The second-order valence-electron chi connectivity index (χ2n) is 7.57. The summed E-state index contributed by atoms with van der Waals surface area (Å²) in [5.41, 5.74) is 2.41. The first-order valence-corrected chi connectivity index (χ1v) is 11.0. The largest absolute Gasteiger partial charge is 0.481 e. The van der Waals surface area contributed by atoms with Gasteiger partial charge in [0.15, 0.2) is 0 Å². The fourth-order valence-corrected chi connectivity index (χ4v) is 4.30. The molecule has 162 valence electrons. The molecule has 2 amide bonds. The Morgan fingerprint density at radius 2 is 1.61 bits per heavy atom. The number of carbonyl (C=O) groups is 3. The number of benzene rings is 2. The smallest absolute Gasteiger partial charge is 0.307 e. The first-order chi connectivity index (χ1) is 14.8. The number of amides is 2. The van der Waals surface area contributed by atoms with Gasteiger partial charge in [-0.25, -0.2) is 0 Å². The van der Waals surface area contributed by atoms with Gasteiger partial charge in [0.2, 0.25) is 11.8 Å². The summed E-state index contributed by atoms with van der Waals surface area (Å²) in [5.74, 6) is -2.60. The molecule has 31 heavy (non-hydrogen) atoms. The van der Waals surface area contributed by atoms with E-state index < -0.39 is 17.8 Å². The minimum absolute atomic E-state index is 0.0817. The molecule has 6 nitrogen and oxygen atoms in total. The SMILES string of the molecule is Cc1ccccc1NC(=O)C(C)Sc1ccc(NC(=O)C2CC=CCC2C(=O)O)cc1. The van der Waals surface area contributed by atoms with Crippen molar-refractivity contribution in [2.45, 2.75) is 36.8 Å². The van der Waals surface area contributed by atoms with E-state index in [0.29, 0.717) is 18.5 Å². The van der Waals surface area contributed by atoms with E-state index >= 15 is 0 Å². The molecule has 2 aromatic carbocycles. The third-order valence-electron chi connectivity index (χ3n) is 5.29. The average Bonchev–Trinajstić information content (AvgIpc) is 2.76. The molecule has 0 aliphatic heterocycles. The van der Waals surface area contributed by atoms with Gasteiger partial charge in [-0.2, -0.15) is 0 Å². The maximum absolute atomic E-state index is 12.6. The fraction of sp³-hybridized carbons (Fsp3) is 0.292. The lowest BCUT2D eigenvalue weighted by Crippen LogP contribution is -2.34. The third-order valence-corrected chi connectivity index (χ3v) is 6.41. The van der Waals surface area contributed by atoms with Gasteiger partial charge < -0.3 is 15.7 Å². The molecule has 0 bridgehead atoms. The number of carboxylic acids is 1. The number of anilines is 2. The van der Waals surface area contributed by atoms with Gasteiger partial charge in [0, 0.05) is 16.3 Å². The maximum Gasteiger partial charge on any atom is 0.307 e. The summed E-state index contributed by atoms with van der Waals surface area (Å²) in [6, 6.07) is 14.8. The summed E-state index contributed by atoms with van der Waals surface area (Å²) in [6.07, 6.45) is 4.45. The number of carbonyl (C=O) groups excluding carboxylic acids is 2. The Kier molecular flexibility index (Phi) is 7.52. The Labute approximate surface area is 186 Å². The number of aryl methyl sites for hydroxylation is 1. The summed E-state index contributed by atoms with van der Waals surface area (Å²) < 4.78 is 0. The van der Waals surface area contributed by atoms with Crippen molar-refractivity contribution in [1.82, 2.24) is 0 Å². The van der Waals surface area contributed by atoms with Crippen LogP contribution in [0.2, 0.25) is 0 Å². The number of carboxylic acid groups (broad SMARTS) is 1. The van der Waals surface area contributed by atoms with Crippen LogP contribution in [0.1, 0.15) is 25.3 Å². The zero-order valence-corrected chi connectivity index (χ0v) is 18.3. The molecule has 2 aromatic rings. The van der Waals surface area contributed by atoms with Crippen LogP contribution in [0.15, 0.2) is 65.6 Å². The number of thioether (sulfide) groups is 1. The first-order valence-electron chi connectivity index (χ1n) is 10.2. The van der Waals surface area contributed by atoms with Gasteiger partial charge in [-0.3, -0.25) is 14.4 Å². The molecule has 7 heteroatoms. The van der Waals surface area contributed by atoms with Crippen molar-refractivity contribution in [3.05, 3.63) is 66.2 Å². The van der Waals surface area contributed by atoms with Gasteiger partial charge in [-0.05, 0) is 62.6 Å². The predicted molar refractivity (Wildman–Crippen MR) is 123 cm³/mol. The molecule has 3 unspecified atom stereocenters.